The number of aliphatic hydroxyl groups excluding tert-OH is 1. The van der Waals surface area contributed by atoms with Gasteiger partial charge in [-0.15, -0.1) is 0 Å². The molecule has 2 N–H and O–H groups in total. The Kier molecular flexibility index (Phi) is 3.55. The standard InChI is InChI=1S/C15H23NO/c1-11(10-17)16-14-9-13(15(14,2)3)12-7-5-4-6-8-12/h4-8,11,13-14,16-17H,9-10H2,1-3H3/t11-,13-,14+/m0/s1. The maximum Gasteiger partial charge on any atom is 0.0582 e. The molecule has 94 valence electrons. The molecule has 0 saturated heterocycles. The Morgan fingerprint density at radius 2 is 2.00 bits per heavy atom. The summed E-state index contributed by atoms with van der Waals surface area (Å²) in [6.45, 7) is 6.88. The average molecular weight is 233 g/mol. The molecule has 2 nitrogen and oxygen atoms in total. The predicted molar refractivity (Wildman–Crippen MR) is 71.1 cm³/mol. The Morgan fingerprint density at radius 3 is 2.53 bits per heavy atom. The van der Waals surface area contributed by atoms with Crippen LogP contribution in [0.2, 0.25) is 0 Å². The van der Waals surface area contributed by atoms with Gasteiger partial charge in [0.15, 0.2) is 0 Å². The fourth-order valence-electron chi connectivity index (χ4n) is 2.86. The fourth-order valence-corrected chi connectivity index (χ4v) is 2.86. The number of aliphatic hydroxyl groups is 1. The SMILES string of the molecule is C[C@@H](CO)N[C@@H]1C[C@@H](c2ccccc2)C1(C)C. The van der Waals surface area contributed by atoms with Crippen molar-refractivity contribution >= 4 is 0 Å². The van der Waals surface area contributed by atoms with Gasteiger partial charge < -0.3 is 10.4 Å². The molecule has 1 saturated carbocycles. The van der Waals surface area contributed by atoms with Crippen LogP contribution in [0.5, 0.6) is 0 Å². The van der Waals surface area contributed by atoms with Gasteiger partial charge in [-0.2, -0.15) is 0 Å². The summed E-state index contributed by atoms with van der Waals surface area (Å²) in [5.74, 6) is 0.632. The molecular formula is C15H23NO. The molecule has 0 amide bonds. The van der Waals surface area contributed by atoms with E-state index in [2.05, 4.69) is 49.5 Å². The lowest BCUT2D eigenvalue weighted by Crippen LogP contribution is -2.58. The van der Waals surface area contributed by atoms with Crippen LogP contribution in [0, 0.1) is 5.41 Å². The summed E-state index contributed by atoms with van der Waals surface area (Å²) in [5, 5.41) is 12.6. The van der Waals surface area contributed by atoms with Crippen molar-refractivity contribution in [3.05, 3.63) is 35.9 Å². The molecule has 0 aliphatic heterocycles. The van der Waals surface area contributed by atoms with E-state index in [0.29, 0.717) is 12.0 Å². The van der Waals surface area contributed by atoms with Gasteiger partial charge in [0.05, 0.1) is 6.61 Å². The minimum absolute atomic E-state index is 0.191. The third kappa shape index (κ3) is 2.38. The molecule has 0 radical (unpaired) electrons. The van der Waals surface area contributed by atoms with Crippen molar-refractivity contribution in [2.45, 2.75) is 45.2 Å². The van der Waals surface area contributed by atoms with Gasteiger partial charge in [0.1, 0.15) is 0 Å². The summed E-state index contributed by atoms with van der Waals surface area (Å²) >= 11 is 0. The summed E-state index contributed by atoms with van der Waals surface area (Å²) in [7, 11) is 0. The van der Waals surface area contributed by atoms with Gasteiger partial charge in [0.25, 0.3) is 0 Å². The molecule has 17 heavy (non-hydrogen) atoms. The van der Waals surface area contributed by atoms with Crippen LogP contribution in [-0.2, 0) is 0 Å². The summed E-state index contributed by atoms with van der Waals surface area (Å²) < 4.78 is 0. The van der Waals surface area contributed by atoms with E-state index < -0.39 is 0 Å². The second-order valence-corrected chi connectivity index (χ2v) is 5.82. The Morgan fingerprint density at radius 1 is 1.35 bits per heavy atom. The van der Waals surface area contributed by atoms with Crippen LogP contribution in [0.4, 0.5) is 0 Å². The zero-order chi connectivity index (χ0) is 12.5. The van der Waals surface area contributed by atoms with E-state index in [9.17, 15) is 0 Å². The highest BCUT2D eigenvalue weighted by Gasteiger charge is 2.48. The molecule has 3 atom stereocenters. The lowest BCUT2D eigenvalue weighted by molar-refractivity contribution is 0.0544. The first kappa shape index (κ1) is 12.6. The molecule has 2 heteroatoms. The van der Waals surface area contributed by atoms with Crippen molar-refractivity contribution in [1.82, 2.24) is 5.32 Å². The van der Waals surface area contributed by atoms with Gasteiger partial charge in [-0.25, -0.2) is 0 Å². The zero-order valence-electron chi connectivity index (χ0n) is 11.0. The van der Waals surface area contributed by atoms with Crippen LogP contribution >= 0.6 is 0 Å². The smallest absolute Gasteiger partial charge is 0.0582 e. The van der Waals surface area contributed by atoms with Crippen molar-refractivity contribution in [1.29, 1.82) is 0 Å². The second kappa shape index (κ2) is 4.79. The van der Waals surface area contributed by atoms with Crippen LogP contribution in [-0.4, -0.2) is 23.8 Å². The Hall–Kier alpha value is -0.860. The maximum absolute atomic E-state index is 9.09. The minimum atomic E-state index is 0.191. The Bertz CT molecular complexity index is 360. The average Bonchev–Trinajstić information content (AvgIpc) is 2.34. The van der Waals surface area contributed by atoms with E-state index >= 15 is 0 Å². The highest BCUT2D eigenvalue weighted by Crippen LogP contribution is 2.52. The van der Waals surface area contributed by atoms with Crippen LogP contribution in [0.25, 0.3) is 0 Å². The van der Waals surface area contributed by atoms with Crippen molar-refractivity contribution in [3.63, 3.8) is 0 Å². The summed E-state index contributed by atoms with van der Waals surface area (Å²) in [6.07, 6.45) is 1.17. The van der Waals surface area contributed by atoms with Crippen molar-refractivity contribution in [2.75, 3.05) is 6.61 Å². The Labute approximate surface area is 104 Å². The first-order chi connectivity index (χ1) is 8.05. The summed E-state index contributed by atoms with van der Waals surface area (Å²) in [5.41, 5.74) is 1.71. The topological polar surface area (TPSA) is 32.3 Å². The van der Waals surface area contributed by atoms with E-state index in [1.807, 2.05) is 6.92 Å². The van der Waals surface area contributed by atoms with E-state index in [1.54, 1.807) is 0 Å². The van der Waals surface area contributed by atoms with Gasteiger partial charge >= 0.3 is 0 Å². The van der Waals surface area contributed by atoms with E-state index in [-0.39, 0.29) is 18.1 Å². The van der Waals surface area contributed by atoms with E-state index in [4.69, 9.17) is 5.11 Å². The first-order valence-corrected chi connectivity index (χ1v) is 6.47. The number of benzene rings is 1. The Balaban J connectivity index is 2.02. The first-order valence-electron chi connectivity index (χ1n) is 6.47. The van der Waals surface area contributed by atoms with E-state index in [1.165, 1.54) is 12.0 Å². The number of hydrogen-bond acceptors (Lipinski definition) is 2. The molecule has 0 spiro atoms. The third-order valence-electron chi connectivity index (χ3n) is 4.23. The van der Waals surface area contributed by atoms with Gasteiger partial charge in [0, 0.05) is 12.1 Å². The fraction of sp³-hybridized carbons (Fsp3) is 0.600. The van der Waals surface area contributed by atoms with Crippen molar-refractivity contribution < 1.29 is 5.11 Å². The highest BCUT2D eigenvalue weighted by atomic mass is 16.3. The van der Waals surface area contributed by atoms with Gasteiger partial charge in [-0.1, -0.05) is 44.2 Å². The molecule has 1 fully saturated rings. The summed E-state index contributed by atoms with van der Waals surface area (Å²) in [4.78, 5) is 0. The van der Waals surface area contributed by atoms with E-state index in [0.717, 1.165) is 0 Å². The normalized spacial score (nSPS) is 28.5. The summed E-state index contributed by atoms with van der Waals surface area (Å²) in [6, 6.07) is 11.4. The molecule has 2 rings (SSSR count). The molecule has 1 aliphatic rings. The zero-order valence-corrected chi connectivity index (χ0v) is 11.0. The van der Waals surface area contributed by atoms with Gasteiger partial charge in [-0.05, 0) is 30.2 Å². The molecule has 1 aromatic rings. The molecule has 0 heterocycles. The molecule has 1 aromatic carbocycles. The number of nitrogens with one attached hydrogen (secondary N) is 1. The molecule has 0 unspecified atom stereocenters. The minimum Gasteiger partial charge on any atom is -0.395 e. The lowest BCUT2D eigenvalue weighted by Gasteiger charge is -2.53. The van der Waals surface area contributed by atoms with Gasteiger partial charge in [0.2, 0.25) is 0 Å². The van der Waals surface area contributed by atoms with Crippen LogP contribution in [0.1, 0.15) is 38.7 Å². The number of hydrogen-bond donors (Lipinski definition) is 2. The highest BCUT2D eigenvalue weighted by molar-refractivity contribution is 5.27. The van der Waals surface area contributed by atoms with Crippen LogP contribution < -0.4 is 5.32 Å². The monoisotopic (exact) mass is 233 g/mol. The van der Waals surface area contributed by atoms with Crippen molar-refractivity contribution in [2.24, 2.45) is 5.41 Å². The molecule has 1 aliphatic carbocycles. The number of rotatable bonds is 4. The quantitative estimate of drug-likeness (QED) is 0.837. The predicted octanol–water partition coefficient (Wildman–Crippen LogP) is 2.54. The van der Waals surface area contributed by atoms with Crippen molar-refractivity contribution in [3.8, 4) is 0 Å². The second-order valence-electron chi connectivity index (χ2n) is 5.82. The largest absolute Gasteiger partial charge is 0.395 e. The lowest BCUT2D eigenvalue weighted by atomic mass is 9.56. The molecule has 0 bridgehead atoms. The maximum atomic E-state index is 9.09. The van der Waals surface area contributed by atoms with Crippen LogP contribution in [0.3, 0.4) is 0 Å². The molecule has 0 aromatic heterocycles. The van der Waals surface area contributed by atoms with Gasteiger partial charge in [-0.3, -0.25) is 0 Å². The third-order valence-corrected chi connectivity index (χ3v) is 4.23. The molecular weight excluding hydrogens is 210 g/mol. The van der Waals surface area contributed by atoms with Crippen LogP contribution in [0.15, 0.2) is 30.3 Å².